The molecule has 0 N–H and O–H groups in total. The Morgan fingerprint density at radius 2 is 1.62 bits per heavy atom. The van der Waals surface area contributed by atoms with Gasteiger partial charge in [-0.1, -0.05) is 66.7 Å². The number of carbonyl (C=O) groups is 1. The maximum absolute atomic E-state index is 13.0. The van der Waals surface area contributed by atoms with E-state index in [1.165, 1.54) is 5.56 Å². The fourth-order valence-corrected chi connectivity index (χ4v) is 3.45. The molecule has 3 aromatic rings. The lowest BCUT2D eigenvalue weighted by molar-refractivity contribution is -0.124. The van der Waals surface area contributed by atoms with Crippen LogP contribution in [0.25, 0.3) is 11.1 Å². The Kier molecular flexibility index (Phi) is 4.44. The smallest absolute Gasteiger partial charge is 0.267 e. The summed E-state index contributed by atoms with van der Waals surface area (Å²) in [5.41, 5.74) is 4.30. The monoisotopic (exact) mass is 343 g/mol. The van der Waals surface area contributed by atoms with E-state index in [1.807, 2.05) is 84.6 Å². The molecule has 0 bridgehead atoms. The lowest BCUT2D eigenvalue weighted by Gasteiger charge is -2.23. The van der Waals surface area contributed by atoms with Gasteiger partial charge in [0, 0.05) is 17.8 Å². The van der Waals surface area contributed by atoms with E-state index in [0.29, 0.717) is 6.54 Å². The van der Waals surface area contributed by atoms with Crippen molar-refractivity contribution < 1.29 is 9.53 Å². The number of benzene rings is 3. The van der Waals surface area contributed by atoms with Gasteiger partial charge in [-0.15, -0.1) is 0 Å². The van der Waals surface area contributed by atoms with Crippen molar-refractivity contribution in [1.29, 1.82) is 0 Å². The molecule has 1 atom stereocenters. The minimum Gasteiger partial charge on any atom is -0.480 e. The molecule has 1 heterocycles. The number of rotatable bonds is 4. The zero-order valence-corrected chi connectivity index (χ0v) is 14.8. The molecule has 0 spiro atoms. The third kappa shape index (κ3) is 3.08. The van der Waals surface area contributed by atoms with Gasteiger partial charge in [0.2, 0.25) is 0 Å². The molecule has 0 aliphatic carbocycles. The fraction of sp³-hybridized carbons (Fsp3) is 0.174. The first-order valence-corrected chi connectivity index (χ1v) is 8.94. The topological polar surface area (TPSA) is 29.5 Å². The third-order valence-electron chi connectivity index (χ3n) is 4.78. The van der Waals surface area contributed by atoms with Crippen LogP contribution in [-0.4, -0.2) is 18.6 Å². The fourth-order valence-electron chi connectivity index (χ4n) is 3.45. The van der Waals surface area contributed by atoms with Crippen LogP contribution in [0, 0.1) is 0 Å². The van der Waals surface area contributed by atoms with E-state index >= 15 is 0 Å². The molecule has 1 aliphatic heterocycles. The van der Waals surface area contributed by atoms with E-state index in [0.717, 1.165) is 29.0 Å². The zero-order chi connectivity index (χ0) is 17.9. The number of nitrogens with zero attached hydrogens (tertiary/aromatic N) is 1. The van der Waals surface area contributed by atoms with Crippen molar-refractivity contribution in [3.05, 3.63) is 84.4 Å². The van der Waals surface area contributed by atoms with E-state index in [1.54, 1.807) is 0 Å². The second-order valence-corrected chi connectivity index (χ2v) is 6.49. The van der Waals surface area contributed by atoms with E-state index in [4.69, 9.17) is 4.74 Å². The molecule has 0 unspecified atom stereocenters. The van der Waals surface area contributed by atoms with Gasteiger partial charge < -0.3 is 9.64 Å². The van der Waals surface area contributed by atoms with Gasteiger partial charge in [-0.2, -0.15) is 0 Å². The first-order valence-electron chi connectivity index (χ1n) is 8.94. The molecule has 130 valence electrons. The SMILES string of the molecule is C[C@@H](Oc1ccccc1-c1ccccc1)C(=O)N1CCc2ccccc21. The van der Waals surface area contributed by atoms with Gasteiger partial charge in [-0.25, -0.2) is 0 Å². The van der Waals surface area contributed by atoms with Crippen molar-refractivity contribution in [2.45, 2.75) is 19.4 Å². The molecule has 1 amide bonds. The third-order valence-corrected chi connectivity index (χ3v) is 4.78. The van der Waals surface area contributed by atoms with Crippen LogP contribution < -0.4 is 9.64 Å². The van der Waals surface area contributed by atoms with Crippen molar-refractivity contribution in [3.8, 4) is 16.9 Å². The molecule has 3 heteroatoms. The molecule has 3 nitrogen and oxygen atoms in total. The van der Waals surface area contributed by atoms with E-state index in [2.05, 4.69) is 6.07 Å². The molecular formula is C23H21NO2. The second-order valence-electron chi connectivity index (χ2n) is 6.49. The van der Waals surface area contributed by atoms with Crippen molar-refractivity contribution in [2.75, 3.05) is 11.4 Å². The Hall–Kier alpha value is -3.07. The van der Waals surface area contributed by atoms with Crippen LogP contribution in [-0.2, 0) is 11.2 Å². The largest absolute Gasteiger partial charge is 0.480 e. The summed E-state index contributed by atoms with van der Waals surface area (Å²) in [6, 6.07) is 26.0. The lowest BCUT2D eigenvalue weighted by atomic mass is 10.0. The average Bonchev–Trinajstić information content (AvgIpc) is 3.12. The molecule has 1 aliphatic rings. The van der Waals surface area contributed by atoms with Gasteiger partial charge in [0.1, 0.15) is 5.75 Å². The van der Waals surface area contributed by atoms with Crippen LogP contribution in [0.2, 0.25) is 0 Å². The van der Waals surface area contributed by atoms with Crippen LogP contribution in [0.3, 0.4) is 0 Å². The average molecular weight is 343 g/mol. The number of para-hydroxylation sites is 2. The number of ether oxygens (including phenoxy) is 1. The van der Waals surface area contributed by atoms with Gasteiger partial charge in [-0.05, 0) is 36.6 Å². The summed E-state index contributed by atoms with van der Waals surface area (Å²) in [6.45, 7) is 2.54. The lowest BCUT2D eigenvalue weighted by Crippen LogP contribution is -2.39. The van der Waals surface area contributed by atoms with Gasteiger partial charge >= 0.3 is 0 Å². The van der Waals surface area contributed by atoms with Gasteiger partial charge in [0.05, 0.1) is 0 Å². The number of hydrogen-bond donors (Lipinski definition) is 0. The Bertz CT molecular complexity index is 920. The second kappa shape index (κ2) is 7.04. The molecule has 0 saturated carbocycles. The van der Waals surface area contributed by atoms with Crippen molar-refractivity contribution in [2.24, 2.45) is 0 Å². The highest BCUT2D eigenvalue weighted by atomic mass is 16.5. The molecule has 0 aromatic heterocycles. The minimum absolute atomic E-state index is 0.00202. The Morgan fingerprint density at radius 1 is 0.923 bits per heavy atom. The van der Waals surface area contributed by atoms with Crippen molar-refractivity contribution in [1.82, 2.24) is 0 Å². The normalized spacial score (nSPS) is 14.0. The molecule has 0 fully saturated rings. The summed E-state index contributed by atoms with van der Waals surface area (Å²) in [4.78, 5) is 14.8. The summed E-state index contributed by atoms with van der Waals surface area (Å²) in [5, 5.41) is 0. The maximum atomic E-state index is 13.0. The summed E-state index contributed by atoms with van der Waals surface area (Å²) >= 11 is 0. The maximum Gasteiger partial charge on any atom is 0.267 e. The quantitative estimate of drug-likeness (QED) is 0.686. The highest BCUT2D eigenvalue weighted by Gasteiger charge is 2.29. The summed E-state index contributed by atoms with van der Waals surface area (Å²) < 4.78 is 6.10. The van der Waals surface area contributed by atoms with Gasteiger partial charge in [-0.3, -0.25) is 4.79 Å². The van der Waals surface area contributed by atoms with E-state index in [-0.39, 0.29) is 5.91 Å². The number of amides is 1. The molecule has 0 saturated heterocycles. The van der Waals surface area contributed by atoms with Crippen molar-refractivity contribution in [3.63, 3.8) is 0 Å². The molecule has 4 rings (SSSR count). The number of anilines is 1. The summed E-state index contributed by atoms with van der Waals surface area (Å²) in [7, 11) is 0. The van der Waals surface area contributed by atoms with Crippen LogP contribution in [0.1, 0.15) is 12.5 Å². The number of carbonyl (C=O) groups excluding carboxylic acids is 1. The molecule has 0 radical (unpaired) electrons. The Balaban J connectivity index is 1.56. The summed E-state index contributed by atoms with van der Waals surface area (Å²) in [6.07, 6.45) is 0.348. The minimum atomic E-state index is -0.550. The number of fused-ring (bicyclic) bond motifs is 1. The Labute approximate surface area is 153 Å². The van der Waals surface area contributed by atoms with Crippen LogP contribution in [0.5, 0.6) is 5.75 Å². The van der Waals surface area contributed by atoms with Crippen LogP contribution in [0.15, 0.2) is 78.9 Å². The van der Waals surface area contributed by atoms with Crippen LogP contribution >= 0.6 is 0 Å². The summed E-state index contributed by atoms with van der Waals surface area (Å²) in [5.74, 6) is 0.727. The highest BCUT2D eigenvalue weighted by molar-refractivity contribution is 5.98. The standard InChI is InChI=1S/C23H21NO2/c1-17(23(25)24-16-15-19-11-5-7-13-21(19)24)26-22-14-8-6-12-20(22)18-9-3-2-4-10-18/h2-14,17H,15-16H2,1H3/t17-/m1/s1. The Morgan fingerprint density at radius 3 is 2.46 bits per heavy atom. The first kappa shape index (κ1) is 16.4. The van der Waals surface area contributed by atoms with Crippen molar-refractivity contribution >= 4 is 11.6 Å². The first-order chi connectivity index (χ1) is 12.7. The predicted molar refractivity (Wildman–Crippen MR) is 104 cm³/mol. The van der Waals surface area contributed by atoms with Gasteiger partial charge in [0.25, 0.3) is 5.91 Å². The van der Waals surface area contributed by atoms with E-state index < -0.39 is 6.10 Å². The molecule has 26 heavy (non-hydrogen) atoms. The highest BCUT2D eigenvalue weighted by Crippen LogP contribution is 2.32. The number of hydrogen-bond acceptors (Lipinski definition) is 2. The predicted octanol–water partition coefficient (Wildman–Crippen LogP) is 4.71. The molecule has 3 aromatic carbocycles. The molecular weight excluding hydrogens is 322 g/mol. The van der Waals surface area contributed by atoms with Crippen LogP contribution in [0.4, 0.5) is 5.69 Å². The van der Waals surface area contributed by atoms with Gasteiger partial charge in [0.15, 0.2) is 6.10 Å². The zero-order valence-electron chi connectivity index (χ0n) is 14.8. The van der Waals surface area contributed by atoms with E-state index in [9.17, 15) is 4.79 Å².